The summed E-state index contributed by atoms with van der Waals surface area (Å²) in [6.45, 7) is 3.85. The number of nitrogens with one attached hydrogen (secondary N) is 1. The number of amides is 1. The van der Waals surface area contributed by atoms with Crippen LogP contribution in [0.15, 0.2) is 41.3 Å². The number of hydrogen-bond donors (Lipinski definition) is 2. The van der Waals surface area contributed by atoms with Gasteiger partial charge in [-0.1, -0.05) is 12.1 Å². The van der Waals surface area contributed by atoms with Crippen molar-refractivity contribution in [3.05, 3.63) is 51.7 Å². The second-order valence-electron chi connectivity index (χ2n) is 5.09. The molecule has 0 aliphatic carbocycles. The Hall–Kier alpha value is -1.70. The molecule has 0 saturated heterocycles. The number of sulfonamides is 1. The zero-order valence-corrected chi connectivity index (χ0v) is 14.0. The molecule has 1 atom stereocenters. The van der Waals surface area contributed by atoms with Crippen molar-refractivity contribution < 1.29 is 13.2 Å². The van der Waals surface area contributed by atoms with E-state index in [1.54, 1.807) is 23.5 Å². The third-order valence-electron chi connectivity index (χ3n) is 3.22. The van der Waals surface area contributed by atoms with Crippen LogP contribution in [0.4, 0.5) is 0 Å². The van der Waals surface area contributed by atoms with Crippen molar-refractivity contribution in [1.82, 2.24) is 5.32 Å². The minimum atomic E-state index is -3.69. The molecule has 3 N–H and O–H groups in total. The largest absolute Gasteiger partial charge is 0.349 e. The van der Waals surface area contributed by atoms with E-state index in [1.165, 1.54) is 17.0 Å². The van der Waals surface area contributed by atoms with Crippen molar-refractivity contribution in [2.24, 2.45) is 5.14 Å². The van der Waals surface area contributed by atoms with E-state index in [4.69, 9.17) is 5.14 Å². The van der Waals surface area contributed by atoms with Gasteiger partial charge in [0.1, 0.15) is 0 Å². The molecule has 1 aromatic carbocycles. The van der Waals surface area contributed by atoms with E-state index >= 15 is 0 Å². The van der Waals surface area contributed by atoms with Crippen LogP contribution in [0, 0.1) is 6.92 Å². The number of nitrogens with two attached hydrogens (primary N) is 1. The summed E-state index contributed by atoms with van der Waals surface area (Å²) >= 11 is 1.60. The maximum Gasteiger partial charge on any atom is 0.238 e. The third-order valence-corrected chi connectivity index (χ3v) is 5.15. The molecule has 0 fully saturated rings. The quantitative estimate of drug-likeness (QED) is 0.875. The lowest BCUT2D eigenvalue weighted by Crippen LogP contribution is -2.27. The van der Waals surface area contributed by atoms with E-state index in [2.05, 4.69) is 5.32 Å². The van der Waals surface area contributed by atoms with Crippen molar-refractivity contribution >= 4 is 27.3 Å². The lowest BCUT2D eigenvalue weighted by molar-refractivity contribution is -0.121. The Labute approximate surface area is 134 Å². The first-order valence-electron chi connectivity index (χ1n) is 6.73. The van der Waals surface area contributed by atoms with E-state index in [0.717, 1.165) is 10.4 Å². The fourth-order valence-corrected chi connectivity index (χ4v) is 3.46. The topological polar surface area (TPSA) is 89.3 Å². The number of primary sulfonamides is 1. The zero-order chi connectivity index (χ0) is 16.3. The summed E-state index contributed by atoms with van der Waals surface area (Å²) < 4.78 is 22.4. The van der Waals surface area contributed by atoms with Crippen molar-refractivity contribution in [3.63, 3.8) is 0 Å². The standard InChI is InChI=1S/C15H18N2O3S2/c1-10-3-6-13(21-10)9-15(18)17-11(2)12-4-7-14(8-5-12)22(16,19)20/h3-8,11H,9H2,1-2H3,(H,17,18)(H2,16,19,20)/t11-/m0/s1. The highest BCUT2D eigenvalue weighted by Crippen LogP contribution is 2.18. The molecule has 1 amide bonds. The Morgan fingerprint density at radius 3 is 2.36 bits per heavy atom. The van der Waals surface area contributed by atoms with Crippen LogP contribution in [0.2, 0.25) is 0 Å². The predicted octanol–water partition coefficient (Wildman–Crippen LogP) is 2.12. The highest BCUT2D eigenvalue weighted by Gasteiger charge is 2.13. The predicted molar refractivity (Wildman–Crippen MR) is 87.1 cm³/mol. The fourth-order valence-electron chi connectivity index (χ4n) is 2.06. The maximum absolute atomic E-state index is 12.0. The minimum absolute atomic E-state index is 0.0591. The van der Waals surface area contributed by atoms with Crippen molar-refractivity contribution in [2.75, 3.05) is 0 Å². The van der Waals surface area contributed by atoms with Gasteiger partial charge in [0.25, 0.3) is 0 Å². The number of benzene rings is 1. The molecule has 0 bridgehead atoms. The average Bonchev–Trinajstić information content (AvgIpc) is 2.83. The summed E-state index contributed by atoms with van der Waals surface area (Å²) in [5.74, 6) is -0.0649. The monoisotopic (exact) mass is 338 g/mol. The molecule has 22 heavy (non-hydrogen) atoms. The Morgan fingerprint density at radius 2 is 1.86 bits per heavy atom. The van der Waals surface area contributed by atoms with Crippen molar-refractivity contribution in [3.8, 4) is 0 Å². The van der Waals surface area contributed by atoms with Crippen LogP contribution in [0.5, 0.6) is 0 Å². The molecule has 0 unspecified atom stereocenters. The van der Waals surface area contributed by atoms with E-state index in [1.807, 2.05) is 26.0 Å². The molecule has 2 rings (SSSR count). The summed E-state index contributed by atoms with van der Waals surface area (Å²) in [5, 5.41) is 7.95. The van der Waals surface area contributed by atoms with Crippen LogP contribution in [-0.2, 0) is 21.2 Å². The average molecular weight is 338 g/mol. The molecule has 1 aromatic heterocycles. The molecule has 5 nitrogen and oxygen atoms in total. The van der Waals surface area contributed by atoms with Gasteiger partial charge in [0.2, 0.25) is 15.9 Å². The summed E-state index contributed by atoms with van der Waals surface area (Å²) in [6.07, 6.45) is 0.345. The number of thiophene rings is 1. The second-order valence-corrected chi connectivity index (χ2v) is 8.03. The molecule has 1 heterocycles. The van der Waals surface area contributed by atoms with E-state index < -0.39 is 10.0 Å². The number of aryl methyl sites for hydroxylation is 1. The molecule has 0 radical (unpaired) electrons. The molecule has 118 valence electrons. The van der Waals surface area contributed by atoms with Crippen LogP contribution < -0.4 is 10.5 Å². The van der Waals surface area contributed by atoms with Gasteiger partial charge in [0, 0.05) is 9.75 Å². The highest BCUT2D eigenvalue weighted by molar-refractivity contribution is 7.89. The smallest absolute Gasteiger partial charge is 0.238 e. The summed E-state index contributed by atoms with van der Waals surface area (Å²) in [6, 6.07) is 9.92. The lowest BCUT2D eigenvalue weighted by atomic mass is 10.1. The molecule has 0 saturated carbocycles. The number of carbonyl (C=O) groups excluding carboxylic acids is 1. The Kier molecular flexibility index (Phi) is 5.00. The first-order valence-corrected chi connectivity index (χ1v) is 9.09. The molecular weight excluding hydrogens is 320 g/mol. The fraction of sp³-hybridized carbons (Fsp3) is 0.267. The highest BCUT2D eigenvalue weighted by atomic mass is 32.2. The molecule has 2 aromatic rings. The first kappa shape index (κ1) is 16.7. The van der Waals surface area contributed by atoms with Gasteiger partial charge >= 0.3 is 0 Å². The van der Waals surface area contributed by atoms with E-state index in [9.17, 15) is 13.2 Å². The van der Waals surface area contributed by atoms with Gasteiger partial charge in [-0.3, -0.25) is 4.79 Å². The van der Waals surface area contributed by atoms with Gasteiger partial charge in [-0.05, 0) is 43.7 Å². The van der Waals surface area contributed by atoms with Gasteiger partial charge < -0.3 is 5.32 Å². The third kappa shape index (κ3) is 4.40. The Bertz CT molecular complexity index is 764. The SMILES string of the molecule is Cc1ccc(CC(=O)N[C@@H](C)c2ccc(S(N)(=O)=O)cc2)s1. The van der Waals surface area contributed by atoms with Crippen LogP contribution in [0.1, 0.15) is 28.3 Å². The number of carbonyl (C=O) groups is 1. The summed E-state index contributed by atoms with van der Waals surface area (Å²) in [4.78, 5) is 14.3. The Morgan fingerprint density at radius 1 is 1.23 bits per heavy atom. The lowest BCUT2D eigenvalue weighted by Gasteiger charge is -2.14. The van der Waals surface area contributed by atoms with Crippen molar-refractivity contribution in [2.45, 2.75) is 31.2 Å². The minimum Gasteiger partial charge on any atom is -0.349 e. The van der Waals surface area contributed by atoms with Gasteiger partial charge in [0.05, 0.1) is 17.4 Å². The number of rotatable bonds is 5. The van der Waals surface area contributed by atoms with E-state index in [-0.39, 0.29) is 16.8 Å². The van der Waals surface area contributed by atoms with Crippen molar-refractivity contribution in [1.29, 1.82) is 0 Å². The second kappa shape index (κ2) is 6.60. The molecule has 0 spiro atoms. The molecular formula is C15H18N2O3S2. The van der Waals surface area contributed by atoms with Gasteiger partial charge in [-0.25, -0.2) is 13.6 Å². The van der Waals surface area contributed by atoms with E-state index in [0.29, 0.717) is 6.42 Å². The van der Waals surface area contributed by atoms with Crippen LogP contribution >= 0.6 is 11.3 Å². The van der Waals surface area contributed by atoms with Crippen LogP contribution in [-0.4, -0.2) is 14.3 Å². The normalized spacial score (nSPS) is 12.9. The molecule has 0 aliphatic heterocycles. The molecule has 7 heteroatoms. The van der Waals surface area contributed by atoms with Gasteiger partial charge in [-0.15, -0.1) is 11.3 Å². The van der Waals surface area contributed by atoms with Crippen LogP contribution in [0.3, 0.4) is 0 Å². The van der Waals surface area contributed by atoms with Gasteiger partial charge in [-0.2, -0.15) is 0 Å². The maximum atomic E-state index is 12.0. The van der Waals surface area contributed by atoms with Crippen LogP contribution in [0.25, 0.3) is 0 Å². The molecule has 0 aliphatic rings. The summed E-state index contributed by atoms with van der Waals surface area (Å²) in [5.41, 5.74) is 0.822. The number of hydrogen-bond acceptors (Lipinski definition) is 4. The Balaban J connectivity index is 1.99. The first-order chi connectivity index (χ1) is 10.3. The summed E-state index contributed by atoms with van der Waals surface area (Å²) in [7, 11) is -3.69. The van der Waals surface area contributed by atoms with Gasteiger partial charge in [0.15, 0.2) is 0 Å². The zero-order valence-electron chi connectivity index (χ0n) is 12.4.